The summed E-state index contributed by atoms with van der Waals surface area (Å²) >= 11 is 0. The van der Waals surface area contributed by atoms with Crippen molar-refractivity contribution >= 4 is 58.9 Å². The van der Waals surface area contributed by atoms with Gasteiger partial charge in [-0.3, -0.25) is 9.80 Å². The van der Waals surface area contributed by atoms with Crippen LogP contribution in [0.15, 0.2) is 97.6 Å². The Morgan fingerprint density at radius 2 is 1.22 bits per heavy atom. The van der Waals surface area contributed by atoms with Gasteiger partial charge in [0.25, 0.3) is 0 Å². The average molecular weight is 1110 g/mol. The van der Waals surface area contributed by atoms with E-state index in [1.165, 1.54) is 53.8 Å². The summed E-state index contributed by atoms with van der Waals surface area (Å²) < 4.78 is 102. The monoisotopic (exact) mass is 1110 g/mol. The number of alkyl halides is 6. The maximum atomic E-state index is 13.6. The van der Waals surface area contributed by atoms with E-state index in [-0.39, 0.29) is 72.5 Å². The molecular weight excluding hydrogens is 1060 g/mol. The molecule has 3 fully saturated rings. The zero-order chi connectivity index (χ0) is 54.2. The lowest BCUT2D eigenvalue weighted by molar-refractivity contribution is -0.141. The van der Waals surface area contributed by atoms with Gasteiger partial charge in [0.2, 0.25) is 11.8 Å². The lowest BCUT2D eigenvalue weighted by Gasteiger charge is -2.35. The van der Waals surface area contributed by atoms with Crippen LogP contribution in [0.1, 0.15) is 37.8 Å². The molecule has 20 nitrogen and oxygen atoms in total. The van der Waals surface area contributed by atoms with Gasteiger partial charge in [0, 0.05) is 73.2 Å². The molecule has 0 radical (unpaired) electrons. The molecule has 0 unspecified atom stereocenters. The van der Waals surface area contributed by atoms with Crippen LogP contribution in [0.4, 0.5) is 70.3 Å². The number of pyridine rings is 2. The number of nitrogens with zero attached hydrogens (tertiary/aromatic N) is 10. The number of hydrogen-bond acceptors (Lipinski definition) is 16. The third-order valence-corrected chi connectivity index (χ3v) is 13.1. The van der Waals surface area contributed by atoms with E-state index in [1.54, 1.807) is 29.3 Å². The number of fused-ring (bicyclic) bond motifs is 8. The number of aliphatic hydroxyl groups excluding tert-OH is 2. The van der Waals surface area contributed by atoms with Crippen molar-refractivity contribution in [2.24, 2.45) is 0 Å². The number of anilines is 6. The molecule has 4 atom stereocenters. The van der Waals surface area contributed by atoms with Crippen LogP contribution in [0, 0.1) is 0 Å². The number of amides is 4. The zero-order valence-electron chi connectivity index (χ0n) is 41.6. The first kappa shape index (κ1) is 55.1. The second-order valence-corrected chi connectivity index (χ2v) is 19.0. The predicted molar refractivity (Wildman–Crippen MR) is 274 cm³/mol. The molecular formula is C51H51ClF6N12O8. The topological polar surface area (TPSA) is 226 Å². The lowest BCUT2D eigenvalue weighted by atomic mass is 10.1. The maximum absolute atomic E-state index is 13.6. The number of carbonyl (C=O) groups excluding carboxylic acids is 2. The second-order valence-electron chi connectivity index (χ2n) is 19.0. The van der Waals surface area contributed by atoms with Crippen molar-refractivity contribution < 1.29 is 65.1 Å². The molecule has 4 N–H and O–H groups in total. The van der Waals surface area contributed by atoms with Crippen LogP contribution in [0.25, 0.3) is 22.8 Å². The molecule has 0 spiro atoms. The van der Waals surface area contributed by atoms with E-state index in [0.717, 1.165) is 24.3 Å². The van der Waals surface area contributed by atoms with Gasteiger partial charge in [-0.1, -0.05) is 24.3 Å². The van der Waals surface area contributed by atoms with Crippen LogP contribution in [0.2, 0.25) is 0 Å². The Bertz CT molecular complexity index is 3160. The Morgan fingerprint density at radius 1 is 0.731 bits per heavy atom. The molecule has 5 aliphatic heterocycles. The number of ether oxygens (including phenoxy) is 4. The molecule has 4 aromatic heterocycles. The average Bonchev–Trinajstić information content (AvgIpc) is 4.19. The van der Waals surface area contributed by atoms with Crippen LogP contribution in [-0.4, -0.2) is 135 Å². The summed E-state index contributed by atoms with van der Waals surface area (Å²) in [7, 11) is 0. The summed E-state index contributed by atoms with van der Waals surface area (Å²) in [6.45, 7) is 6.25. The van der Waals surface area contributed by atoms with Gasteiger partial charge in [-0.25, -0.2) is 39.5 Å². The number of carbonyl (C=O) groups is 2. The smallest absolute Gasteiger partial charge is 0.416 e. The largest absolute Gasteiger partial charge is 0.475 e. The van der Waals surface area contributed by atoms with Crippen LogP contribution in [-0.2, 0) is 21.8 Å². The molecule has 6 aromatic rings. The van der Waals surface area contributed by atoms with Crippen molar-refractivity contribution in [3.63, 3.8) is 0 Å². The van der Waals surface area contributed by atoms with Gasteiger partial charge in [-0.15, -0.1) is 12.4 Å². The van der Waals surface area contributed by atoms with Crippen molar-refractivity contribution in [3.8, 4) is 34.5 Å². The molecule has 5 aliphatic rings. The highest BCUT2D eigenvalue weighted by molar-refractivity contribution is 6.05. The van der Waals surface area contributed by atoms with Gasteiger partial charge in [-0.05, 0) is 63.1 Å². The fourth-order valence-electron chi connectivity index (χ4n) is 9.45. The Morgan fingerprint density at radius 3 is 1.67 bits per heavy atom. The third-order valence-electron chi connectivity index (χ3n) is 13.1. The molecule has 78 heavy (non-hydrogen) atoms. The molecule has 3 saturated heterocycles. The van der Waals surface area contributed by atoms with Crippen molar-refractivity contribution in [2.45, 2.75) is 69.1 Å². The maximum Gasteiger partial charge on any atom is 0.416 e. The number of hydrogen-bond donors (Lipinski definition) is 4. The fourth-order valence-corrected chi connectivity index (χ4v) is 9.45. The summed E-state index contributed by atoms with van der Waals surface area (Å²) in [5, 5.41) is 24.1. The minimum Gasteiger partial charge on any atom is -0.475 e. The molecule has 11 rings (SSSR count). The highest BCUT2D eigenvalue weighted by atomic mass is 35.5. The zero-order valence-corrected chi connectivity index (χ0v) is 42.4. The highest BCUT2D eigenvalue weighted by Crippen LogP contribution is 2.42. The molecule has 4 bridgehead atoms. The Balaban J connectivity index is 0.000000188. The lowest BCUT2D eigenvalue weighted by Crippen LogP contribution is -2.48. The van der Waals surface area contributed by atoms with Gasteiger partial charge in [0.1, 0.15) is 25.4 Å². The van der Waals surface area contributed by atoms with Gasteiger partial charge in [-0.2, -0.15) is 26.3 Å². The number of aromatic nitrogens is 6. The molecule has 2 aromatic carbocycles. The van der Waals surface area contributed by atoms with Gasteiger partial charge >= 0.3 is 24.4 Å². The quantitative estimate of drug-likeness (QED) is 0.0900. The molecule has 412 valence electrons. The van der Waals surface area contributed by atoms with Crippen LogP contribution < -0.4 is 39.7 Å². The van der Waals surface area contributed by atoms with Gasteiger partial charge in [0.05, 0.1) is 60.2 Å². The van der Waals surface area contributed by atoms with E-state index >= 15 is 0 Å². The van der Waals surface area contributed by atoms with Crippen molar-refractivity contribution in [1.82, 2.24) is 29.9 Å². The summed E-state index contributed by atoms with van der Waals surface area (Å²) in [6.07, 6.45) is -2.87. The number of nitrogens with one attached hydrogen (secondary N) is 2. The third kappa shape index (κ3) is 12.2. The summed E-state index contributed by atoms with van der Waals surface area (Å²) in [5.74, 6) is 0.628. The minimum absolute atomic E-state index is 0. The van der Waals surface area contributed by atoms with Gasteiger partial charge in [0.15, 0.2) is 29.1 Å². The summed E-state index contributed by atoms with van der Waals surface area (Å²) in [4.78, 5) is 60.2. The van der Waals surface area contributed by atoms with Gasteiger partial charge < -0.3 is 49.6 Å². The minimum atomic E-state index is -4.51. The number of aliphatic hydroxyl groups is 2. The SMILES string of the molecule is CC1(C)OC[C@H](COc2cc(NC(=O)N3c4nc(-c5cccc(C(F)(F)F)c5)ncc4N4CC[C@H]3C4)ccn2)O1.Cl.O=C(Nc1ccnc(OC[C@H](O)CO)c1)N1c2nc(-c3cccc(C(F)(F)F)c3)ncc2N2CC[C@H]1C2. The van der Waals surface area contributed by atoms with Crippen molar-refractivity contribution in [3.05, 3.63) is 109 Å². The summed E-state index contributed by atoms with van der Waals surface area (Å²) in [5.41, 5.74) is 0.906. The Labute approximate surface area is 447 Å². The highest BCUT2D eigenvalue weighted by Gasteiger charge is 2.43. The normalized spacial score (nSPS) is 19.2. The summed E-state index contributed by atoms with van der Waals surface area (Å²) in [6, 6.07) is 14.6. The Hall–Kier alpha value is -7.65. The van der Waals surface area contributed by atoms with Crippen molar-refractivity contribution in [2.75, 3.05) is 82.8 Å². The van der Waals surface area contributed by atoms with E-state index in [4.69, 9.17) is 24.1 Å². The van der Waals surface area contributed by atoms with E-state index in [0.29, 0.717) is 85.9 Å². The fraction of sp³-hybridized carbons (Fsp3) is 0.373. The van der Waals surface area contributed by atoms with Crippen LogP contribution in [0.5, 0.6) is 11.8 Å². The number of halogens is 7. The first-order chi connectivity index (χ1) is 36.8. The first-order valence-electron chi connectivity index (χ1n) is 24.4. The number of urea groups is 2. The predicted octanol–water partition coefficient (Wildman–Crippen LogP) is 8.06. The Kier molecular flexibility index (Phi) is 15.8. The van der Waals surface area contributed by atoms with Crippen molar-refractivity contribution in [1.29, 1.82) is 0 Å². The van der Waals surface area contributed by atoms with Crippen LogP contribution in [0.3, 0.4) is 0 Å². The van der Waals surface area contributed by atoms with E-state index in [2.05, 4.69) is 45.4 Å². The molecule has 9 heterocycles. The number of rotatable bonds is 11. The van der Waals surface area contributed by atoms with E-state index in [9.17, 15) is 41.0 Å². The second kappa shape index (κ2) is 22.4. The van der Waals surface area contributed by atoms with E-state index in [1.807, 2.05) is 18.7 Å². The standard InChI is InChI=1S/C27H27F3N6O4.C24H23F3N6O4.ClH/c1-26(2)39-15-20(40-26)14-38-22-11-18(6-8-31-22)33-25(37)36-19-7-9-35(13-19)21-12-32-23(34-24(21)36)16-4-3-5-17(10-16)27(28,29)30;25-24(26,27)15-3-1-2-14(8-15)21-29-10-19-22(31-21)33(17-5-7-32(19)11-17)23(36)30-16-4-6-28-20(9-16)37-13-18(35)12-34;/h3-6,8,10-12,19-20H,7,9,13-15H2,1-2H3,(H,31,33,37);1-4,6,8-10,17-18,34-35H,5,7,11-13H2,(H,28,30,36);1H/t19-,20-;17-,18+;/m00./s1. The first-order valence-corrected chi connectivity index (χ1v) is 24.4. The molecule has 4 amide bonds. The van der Waals surface area contributed by atoms with E-state index < -0.39 is 54.0 Å². The molecule has 27 heteroatoms. The number of benzene rings is 2. The molecule has 0 aliphatic carbocycles. The molecule has 0 saturated carbocycles. The van der Waals surface area contributed by atoms with Crippen LogP contribution >= 0.6 is 12.4 Å².